The van der Waals surface area contributed by atoms with Crippen molar-refractivity contribution in [2.45, 2.75) is 44.6 Å². The lowest BCUT2D eigenvalue weighted by atomic mass is 10.0. The van der Waals surface area contributed by atoms with Crippen LogP contribution in [0.1, 0.15) is 50.4 Å². The number of H-pyrrole nitrogens is 1. The van der Waals surface area contributed by atoms with E-state index in [0.717, 1.165) is 31.6 Å². The number of aromatic amines is 1. The number of piperidine rings is 1. The third-order valence-electron chi connectivity index (χ3n) is 3.66. The Morgan fingerprint density at radius 1 is 1.45 bits per heavy atom. The molecule has 0 saturated carbocycles. The minimum Gasteiger partial charge on any atom is -0.469 e. The van der Waals surface area contributed by atoms with Gasteiger partial charge >= 0.3 is 5.97 Å². The monoisotopic (exact) mass is 279 g/mol. The molecule has 0 aromatic carbocycles. The maximum absolute atomic E-state index is 12.3. The van der Waals surface area contributed by atoms with Gasteiger partial charge in [-0.05, 0) is 25.7 Å². The molecule has 1 saturated heterocycles. The van der Waals surface area contributed by atoms with Gasteiger partial charge in [-0.15, -0.1) is 0 Å². The molecule has 1 aliphatic rings. The first-order valence-corrected chi connectivity index (χ1v) is 7.08. The second-order valence-corrected chi connectivity index (χ2v) is 5.00. The van der Waals surface area contributed by atoms with Gasteiger partial charge < -0.3 is 14.6 Å². The van der Waals surface area contributed by atoms with Crippen LogP contribution in [0.2, 0.25) is 0 Å². The van der Waals surface area contributed by atoms with Crippen LogP contribution in [-0.2, 0) is 14.3 Å². The number of carbonyl (C=O) groups excluding carboxylic acids is 2. The quantitative estimate of drug-likeness (QED) is 0.834. The first-order chi connectivity index (χ1) is 9.72. The van der Waals surface area contributed by atoms with Gasteiger partial charge in [-0.3, -0.25) is 9.59 Å². The van der Waals surface area contributed by atoms with Gasteiger partial charge in [0.1, 0.15) is 5.82 Å². The highest BCUT2D eigenvalue weighted by atomic mass is 16.5. The van der Waals surface area contributed by atoms with Crippen LogP contribution in [0, 0.1) is 0 Å². The van der Waals surface area contributed by atoms with Gasteiger partial charge in [-0.2, -0.15) is 0 Å². The molecule has 2 heterocycles. The van der Waals surface area contributed by atoms with Crippen molar-refractivity contribution >= 4 is 11.9 Å². The molecule has 0 radical (unpaired) electrons. The standard InChI is InChI=1S/C14H21N3O3/c1-20-13(19)7-4-6-12(18)17-10-3-2-5-11(17)14-15-8-9-16-14/h8-9,11H,2-7,10H2,1H3,(H,15,16)/t11-/m1/s1. The van der Waals surface area contributed by atoms with Crippen LogP contribution >= 0.6 is 0 Å². The number of imidazole rings is 1. The molecule has 1 fully saturated rings. The van der Waals surface area contributed by atoms with Crippen molar-refractivity contribution in [3.05, 3.63) is 18.2 Å². The first kappa shape index (κ1) is 14.6. The van der Waals surface area contributed by atoms with Crippen molar-refractivity contribution in [1.29, 1.82) is 0 Å². The molecular weight excluding hydrogens is 258 g/mol. The van der Waals surface area contributed by atoms with E-state index in [0.29, 0.717) is 19.3 Å². The number of carbonyl (C=O) groups is 2. The van der Waals surface area contributed by atoms with Gasteiger partial charge in [0.25, 0.3) is 0 Å². The first-order valence-electron chi connectivity index (χ1n) is 7.08. The highest BCUT2D eigenvalue weighted by Gasteiger charge is 2.29. The van der Waals surface area contributed by atoms with Crippen molar-refractivity contribution in [3.63, 3.8) is 0 Å². The van der Waals surface area contributed by atoms with Gasteiger partial charge in [-0.1, -0.05) is 0 Å². The molecule has 1 N–H and O–H groups in total. The van der Waals surface area contributed by atoms with Gasteiger partial charge in [-0.25, -0.2) is 4.98 Å². The number of esters is 1. The van der Waals surface area contributed by atoms with Crippen LogP contribution in [0.4, 0.5) is 0 Å². The molecule has 0 spiro atoms. The lowest BCUT2D eigenvalue weighted by Gasteiger charge is -2.34. The van der Waals surface area contributed by atoms with E-state index in [1.165, 1.54) is 7.11 Å². The Morgan fingerprint density at radius 3 is 3.00 bits per heavy atom. The summed E-state index contributed by atoms with van der Waals surface area (Å²) in [6, 6.07) is 0.0457. The van der Waals surface area contributed by atoms with E-state index in [9.17, 15) is 9.59 Å². The van der Waals surface area contributed by atoms with Crippen LogP contribution in [0.5, 0.6) is 0 Å². The topological polar surface area (TPSA) is 75.3 Å². The Labute approximate surface area is 118 Å². The number of amides is 1. The van der Waals surface area contributed by atoms with Gasteiger partial charge in [0.05, 0.1) is 13.2 Å². The molecular formula is C14H21N3O3. The molecule has 110 valence electrons. The SMILES string of the molecule is COC(=O)CCCC(=O)N1CCCC[C@@H]1c1ncc[nH]1. The molecule has 0 unspecified atom stereocenters. The van der Waals surface area contributed by atoms with E-state index in [1.54, 1.807) is 12.4 Å². The Morgan fingerprint density at radius 2 is 2.30 bits per heavy atom. The van der Waals surface area contributed by atoms with Crippen LogP contribution in [0.3, 0.4) is 0 Å². The van der Waals surface area contributed by atoms with E-state index in [2.05, 4.69) is 14.7 Å². The summed E-state index contributed by atoms with van der Waals surface area (Å²) < 4.78 is 4.58. The minimum atomic E-state index is -0.265. The minimum absolute atomic E-state index is 0.0457. The molecule has 1 aromatic heterocycles. The van der Waals surface area contributed by atoms with Crippen LogP contribution in [0.15, 0.2) is 12.4 Å². The zero-order valence-corrected chi connectivity index (χ0v) is 11.8. The summed E-state index contributed by atoms with van der Waals surface area (Å²) in [5, 5.41) is 0. The Bertz CT molecular complexity index is 445. The molecule has 0 aliphatic carbocycles. The van der Waals surface area contributed by atoms with E-state index in [4.69, 9.17) is 0 Å². The summed E-state index contributed by atoms with van der Waals surface area (Å²) in [5.41, 5.74) is 0. The van der Waals surface area contributed by atoms with E-state index in [1.807, 2.05) is 4.90 Å². The summed E-state index contributed by atoms with van der Waals surface area (Å²) in [6.07, 6.45) is 7.78. The normalized spacial score (nSPS) is 18.9. The number of hydrogen-bond acceptors (Lipinski definition) is 4. The average Bonchev–Trinajstić information content (AvgIpc) is 3.01. The highest BCUT2D eigenvalue weighted by molar-refractivity contribution is 5.77. The van der Waals surface area contributed by atoms with Crippen molar-refractivity contribution < 1.29 is 14.3 Å². The predicted molar refractivity (Wildman–Crippen MR) is 72.8 cm³/mol. The largest absolute Gasteiger partial charge is 0.469 e. The van der Waals surface area contributed by atoms with Crippen molar-refractivity contribution in [2.24, 2.45) is 0 Å². The molecule has 2 rings (SSSR count). The molecule has 1 aliphatic heterocycles. The predicted octanol–water partition coefficient (Wildman–Crippen LogP) is 1.81. The highest BCUT2D eigenvalue weighted by Crippen LogP contribution is 2.29. The summed E-state index contributed by atoms with van der Waals surface area (Å²) >= 11 is 0. The number of hydrogen-bond donors (Lipinski definition) is 1. The van der Waals surface area contributed by atoms with Crippen LogP contribution in [-0.4, -0.2) is 40.4 Å². The third-order valence-corrected chi connectivity index (χ3v) is 3.66. The molecule has 6 nitrogen and oxygen atoms in total. The molecule has 6 heteroatoms. The maximum Gasteiger partial charge on any atom is 0.305 e. The smallest absolute Gasteiger partial charge is 0.305 e. The summed E-state index contributed by atoms with van der Waals surface area (Å²) in [4.78, 5) is 32.6. The number of nitrogens with zero attached hydrogens (tertiary/aromatic N) is 2. The van der Waals surface area contributed by atoms with Crippen LogP contribution in [0.25, 0.3) is 0 Å². The van der Waals surface area contributed by atoms with E-state index in [-0.39, 0.29) is 17.9 Å². The van der Waals surface area contributed by atoms with Crippen molar-refractivity contribution in [2.75, 3.05) is 13.7 Å². The fourth-order valence-corrected chi connectivity index (χ4v) is 2.60. The number of methoxy groups -OCH3 is 1. The van der Waals surface area contributed by atoms with Crippen molar-refractivity contribution in [3.8, 4) is 0 Å². The zero-order chi connectivity index (χ0) is 14.4. The lowest BCUT2D eigenvalue weighted by Crippen LogP contribution is -2.38. The Hall–Kier alpha value is -1.85. The number of rotatable bonds is 5. The summed E-state index contributed by atoms with van der Waals surface area (Å²) in [7, 11) is 1.36. The summed E-state index contributed by atoms with van der Waals surface area (Å²) in [5.74, 6) is 0.681. The molecule has 20 heavy (non-hydrogen) atoms. The number of likely N-dealkylation sites (tertiary alicyclic amines) is 1. The fraction of sp³-hybridized carbons (Fsp3) is 0.643. The number of nitrogens with one attached hydrogen (secondary N) is 1. The zero-order valence-electron chi connectivity index (χ0n) is 11.8. The lowest BCUT2D eigenvalue weighted by molar-refractivity contribution is -0.141. The Balaban J connectivity index is 1.91. The molecule has 1 aromatic rings. The third kappa shape index (κ3) is 3.59. The molecule has 0 bridgehead atoms. The molecule has 1 atom stereocenters. The van der Waals surface area contributed by atoms with E-state index >= 15 is 0 Å². The fourth-order valence-electron chi connectivity index (χ4n) is 2.60. The van der Waals surface area contributed by atoms with E-state index < -0.39 is 0 Å². The second-order valence-electron chi connectivity index (χ2n) is 5.00. The number of aromatic nitrogens is 2. The summed E-state index contributed by atoms with van der Waals surface area (Å²) in [6.45, 7) is 0.766. The maximum atomic E-state index is 12.3. The Kier molecular flexibility index (Phi) is 5.15. The second kappa shape index (κ2) is 7.07. The van der Waals surface area contributed by atoms with Gasteiger partial charge in [0, 0.05) is 31.8 Å². The number of ether oxygens (including phenoxy) is 1. The van der Waals surface area contributed by atoms with Crippen molar-refractivity contribution in [1.82, 2.24) is 14.9 Å². The van der Waals surface area contributed by atoms with Gasteiger partial charge in [0.15, 0.2) is 0 Å². The van der Waals surface area contributed by atoms with Crippen LogP contribution < -0.4 is 0 Å². The van der Waals surface area contributed by atoms with Gasteiger partial charge in [0.2, 0.25) is 5.91 Å². The molecule has 1 amide bonds. The average molecular weight is 279 g/mol.